The van der Waals surface area contributed by atoms with Gasteiger partial charge in [0, 0.05) is 23.0 Å². The summed E-state index contributed by atoms with van der Waals surface area (Å²) >= 11 is 0. The maximum Gasteiger partial charge on any atom is 0.322 e. The molecule has 0 unspecified atom stereocenters. The molecule has 6 nitrogen and oxygen atoms in total. The lowest BCUT2D eigenvalue weighted by atomic mass is 10.1. The molecule has 0 amide bonds. The number of hydrogen-bond donors (Lipinski definition) is 3. The molecule has 116 valence electrons. The Morgan fingerprint density at radius 3 is 2.74 bits per heavy atom. The van der Waals surface area contributed by atoms with Gasteiger partial charge in [-0.2, -0.15) is 0 Å². The van der Waals surface area contributed by atoms with Crippen LogP contribution < -0.4 is 16.5 Å². The summed E-state index contributed by atoms with van der Waals surface area (Å²) in [6.07, 6.45) is 0. The average molecular weight is 310 g/mol. The van der Waals surface area contributed by atoms with E-state index in [0.717, 1.165) is 0 Å². The molecule has 0 radical (unpaired) electrons. The second-order valence-electron chi connectivity index (χ2n) is 4.99. The molecule has 0 aliphatic heterocycles. The van der Waals surface area contributed by atoms with Crippen molar-refractivity contribution in [3.05, 3.63) is 58.8 Å². The summed E-state index contributed by atoms with van der Waals surface area (Å²) in [5.74, 6) is -0.630. The summed E-state index contributed by atoms with van der Waals surface area (Å²) in [4.78, 5) is 23.1. The molecule has 3 aromatic rings. The van der Waals surface area contributed by atoms with Crippen molar-refractivity contribution in [2.75, 3.05) is 17.6 Å². The summed E-state index contributed by atoms with van der Waals surface area (Å²) in [7, 11) is 0. The zero-order chi connectivity index (χ0) is 16.4. The summed E-state index contributed by atoms with van der Waals surface area (Å²) in [6.45, 7) is -0.234. The number of aliphatic carboxylic acids is 1. The third-order valence-electron chi connectivity index (χ3n) is 3.41. The molecule has 23 heavy (non-hydrogen) atoms. The highest BCUT2D eigenvalue weighted by Gasteiger charge is 2.12. The largest absolute Gasteiger partial charge is 0.480 e. The molecule has 0 saturated carbocycles. The van der Waals surface area contributed by atoms with E-state index in [-0.39, 0.29) is 12.0 Å². The van der Waals surface area contributed by atoms with Crippen molar-refractivity contribution in [2.45, 2.75) is 0 Å². The van der Waals surface area contributed by atoms with E-state index in [9.17, 15) is 9.59 Å². The van der Waals surface area contributed by atoms with Gasteiger partial charge >= 0.3 is 5.97 Å². The van der Waals surface area contributed by atoms with Gasteiger partial charge < -0.3 is 20.6 Å². The van der Waals surface area contributed by atoms with Gasteiger partial charge in [0.25, 0.3) is 0 Å². The maximum absolute atomic E-state index is 12.3. The summed E-state index contributed by atoms with van der Waals surface area (Å²) in [5.41, 5.74) is 7.50. The van der Waals surface area contributed by atoms with Crippen LogP contribution in [0, 0.1) is 0 Å². The Labute approximate surface area is 131 Å². The average Bonchev–Trinajstić information content (AvgIpc) is 2.53. The van der Waals surface area contributed by atoms with Gasteiger partial charge in [-0.1, -0.05) is 18.2 Å². The Morgan fingerprint density at radius 1 is 1.17 bits per heavy atom. The minimum Gasteiger partial charge on any atom is -0.480 e. The van der Waals surface area contributed by atoms with Crippen molar-refractivity contribution in [1.82, 2.24) is 0 Å². The Balaban J connectivity index is 2.14. The second kappa shape index (κ2) is 5.84. The van der Waals surface area contributed by atoms with Crippen LogP contribution in [0.4, 0.5) is 11.4 Å². The van der Waals surface area contributed by atoms with Gasteiger partial charge in [-0.3, -0.25) is 9.59 Å². The fourth-order valence-electron chi connectivity index (χ4n) is 2.39. The third kappa shape index (κ3) is 2.87. The Bertz CT molecular complexity index is 947. The highest BCUT2D eigenvalue weighted by atomic mass is 16.4. The number of benzene rings is 2. The maximum atomic E-state index is 12.3. The number of nitrogens with two attached hydrogens (primary N) is 1. The van der Waals surface area contributed by atoms with Crippen LogP contribution in [0.2, 0.25) is 0 Å². The molecular weight excluding hydrogens is 296 g/mol. The summed E-state index contributed by atoms with van der Waals surface area (Å²) in [5, 5.41) is 11.9. The first-order valence-electron chi connectivity index (χ1n) is 6.93. The molecule has 1 aromatic heterocycles. The predicted molar refractivity (Wildman–Crippen MR) is 88.5 cm³/mol. The van der Waals surface area contributed by atoms with Crippen LogP contribution in [0.3, 0.4) is 0 Å². The van der Waals surface area contributed by atoms with Gasteiger partial charge in [-0.05, 0) is 24.3 Å². The predicted octanol–water partition coefficient (Wildman–Crippen LogP) is 2.54. The van der Waals surface area contributed by atoms with Crippen molar-refractivity contribution in [3.63, 3.8) is 0 Å². The number of rotatable bonds is 4. The van der Waals surface area contributed by atoms with E-state index in [1.165, 1.54) is 6.07 Å². The van der Waals surface area contributed by atoms with Gasteiger partial charge in [-0.15, -0.1) is 0 Å². The smallest absolute Gasteiger partial charge is 0.322 e. The van der Waals surface area contributed by atoms with E-state index in [1.54, 1.807) is 42.5 Å². The number of carbonyl (C=O) groups is 1. The van der Waals surface area contributed by atoms with Crippen LogP contribution in [0.25, 0.3) is 22.3 Å². The highest BCUT2D eigenvalue weighted by molar-refractivity contribution is 5.90. The number of nitrogens with one attached hydrogen (secondary N) is 1. The zero-order valence-electron chi connectivity index (χ0n) is 12.1. The van der Waals surface area contributed by atoms with Crippen LogP contribution in [0.1, 0.15) is 0 Å². The second-order valence-corrected chi connectivity index (χ2v) is 4.99. The third-order valence-corrected chi connectivity index (χ3v) is 3.41. The highest BCUT2D eigenvalue weighted by Crippen LogP contribution is 2.29. The fourth-order valence-corrected chi connectivity index (χ4v) is 2.39. The molecule has 0 bridgehead atoms. The lowest BCUT2D eigenvalue weighted by Crippen LogP contribution is -2.13. The van der Waals surface area contributed by atoms with Gasteiger partial charge in [0.1, 0.15) is 17.9 Å². The minimum absolute atomic E-state index is 0.234. The monoisotopic (exact) mass is 310 g/mol. The van der Waals surface area contributed by atoms with Gasteiger partial charge in [0.15, 0.2) is 5.43 Å². The summed E-state index contributed by atoms with van der Waals surface area (Å²) in [6, 6.07) is 13.4. The number of hydrogen-bond acceptors (Lipinski definition) is 5. The first-order valence-corrected chi connectivity index (χ1v) is 6.93. The fraction of sp³-hybridized carbons (Fsp3) is 0.0588. The van der Waals surface area contributed by atoms with Crippen molar-refractivity contribution in [3.8, 4) is 11.3 Å². The SMILES string of the molecule is Nc1cccc2oc(-c3ccccc3NCC(=O)O)cc(=O)c12. The normalized spacial score (nSPS) is 10.6. The van der Waals surface area contributed by atoms with Crippen molar-refractivity contribution in [2.24, 2.45) is 0 Å². The molecule has 1 heterocycles. The van der Waals surface area contributed by atoms with Crippen LogP contribution >= 0.6 is 0 Å². The van der Waals surface area contributed by atoms with Crippen LogP contribution in [0.15, 0.2) is 57.7 Å². The number of anilines is 2. The van der Waals surface area contributed by atoms with Crippen molar-refractivity contribution >= 4 is 28.3 Å². The first-order chi connectivity index (χ1) is 11.1. The van der Waals surface area contributed by atoms with Crippen LogP contribution in [-0.4, -0.2) is 17.6 Å². The van der Waals surface area contributed by atoms with Gasteiger partial charge in [-0.25, -0.2) is 0 Å². The minimum atomic E-state index is -0.979. The van der Waals surface area contributed by atoms with Crippen LogP contribution in [-0.2, 0) is 4.79 Å². The number of fused-ring (bicyclic) bond motifs is 1. The number of nitrogen functional groups attached to an aromatic ring is 1. The van der Waals surface area contributed by atoms with Crippen molar-refractivity contribution < 1.29 is 14.3 Å². The Kier molecular flexibility index (Phi) is 3.72. The lowest BCUT2D eigenvalue weighted by molar-refractivity contribution is -0.134. The standard InChI is InChI=1S/C17H14N2O4/c18-11-5-3-7-14-17(11)13(20)8-15(23-14)10-4-1-2-6-12(10)19-9-16(21)22/h1-8,19H,9,18H2,(H,21,22). The molecule has 3 rings (SSSR count). The number of carboxylic acid groups (broad SMARTS) is 1. The van der Waals surface area contributed by atoms with Gasteiger partial charge in [0.05, 0.1) is 5.39 Å². The Morgan fingerprint density at radius 2 is 1.96 bits per heavy atom. The van der Waals surface area contributed by atoms with E-state index in [4.69, 9.17) is 15.3 Å². The van der Waals surface area contributed by atoms with Crippen LogP contribution in [0.5, 0.6) is 0 Å². The van der Waals surface area contributed by atoms with E-state index >= 15 is 0 Å². The number of carboxylic acids is 1. The van der Waals surface area contributed by atoms with E-state index in [1.807, 2.05) is 0 Å². The van der Waals surface area contributed by atoms with Crippen molar-refractivity contribution in [1.29, 1.82) is 0 Å². The van der Waals surface area contributed by atoms with E-state index in [2.05, 4.69) is 5.32 Å². The quantitative estimate of drug-likeness (QED) is 0.639. The zero-order valence-corrected chi connectivity index (χ0v) is 12.1. The molecule has 4 N–H and O–H groups in total. The molecule has 0 saturated heterocycles. The molecule has 0 fully saturated rings. The molecule has 0 atom stereocenters. The Hall–Kier alpha value is -3.28. The van der Waals surface area contributed by atoms with Gasteiger partial charge in [0.2, 0.25) is 0 Å². The summed E-state index contributed by atoms with van der Waals surface area (Å²) < 4.78 is 5.79. The van der Waals surface area contributed by atoms with E-state index in [0.29, 0.717) is 33.7 Å². The molecule has 0 aliphatic rings. The van der Waals surface area contributed by atoms with E-state index < -0.39 is 5.97 Å². The topological polar surface area (TPSA) is 106 Å². The number of para-hydroxylation sites is 1. The lowest BCUT2D eigenvalue weighted by Gasteiger charge is -2.10. The molecule has 6 heteroatoms. The molecular formula is C17H14N2O4. The molecule has 2 aromatic carbocycles. The first kappa shape index (κ1) is 14.6. The molecule has 0 aliphatic carbocycles. The molecule has 0 spiro atoms.